The van der Waals surface area contributed by atoms with E-state index in [2.05, 4.69) is 34.5 Å². The van der Waals surface area contributed by atoms with Crippen LogP contribution in [0.3, 0.4) is 0 Å². The molecule has 1 unspecified atom stereocenters. The zero-order valence-corrected chi connectivity index (χ0v) is 13.2. The van der Waals surface area contributed by atoms with E-state index in [9.17, 15) is 8.42 Å². The minimum absolute atomic E-state index is 0.0369. The van der Waals surface area contributed by atoms with Crippen LogP contribution in [0, 0.1) is 5.92 Å². The SMILES string of the molecule is CC(C)CC(Br)CNS(=O)(=O)Cc1ccccc1. The smallest absolute Gasteiger partial charge is 0.214 e. The Morgan fingerprint density at radius 3 is 2.39 bits per heavy atom. The van der Waals surface area contributed by atoms with E-state index in [-0.39, 0.29) is 10.6 Å². The predicted octanol–water partition coefficient (Wildman–Crippen LogP) is 2.92. The molecule has 0 spiro atoms. The van der Waals surface area contributed by atoms with Gasteiger partial charge in [-0.05, 0) is 17.9 Å². The highest BCUT2D eigenvalue weighted by Gasteiger charge is 2.14. The van der Waals surface area contributed by atoms with E-state index in [1.54, 1.807) is 0 Å². The first-order valence-electron chi connectivity index (χ1n) is 6.04. The highest BCUT2D eigenvalue weighted by atomic mass is 79.9. The van der Waals surface area contributed by atoms with Crippen molar-refractivity contribution in [2.24, 2.45) is 5.92 Å². The summed E-state index contributed by atoms with van der Waals surface area (Å²) in [4.78, 5) is 0.183. The average Bonchev–Trinajstić information content (AvgIpc) is 2.26. The van der Waals surface area contributed by atoms with Gasteiger partial charge in [0.05, 0.1) is 5.75 Å². The lowest BCUT2D eigenvalue weighted by Gasteiger charge is -2.13. The molecule has 0 saturated carbocycles. The van der Waals surface area contributed by atoms with Crippen LogP contribution in [0.4, 0.5) is 0 Å². The number of rotatable bonds is 7. The maximum Gasteiger partial charge on any atom is 0.215 e. The Bertz CT molecular complexity index is 445. The monoisotopic (exact) mass is 333 g/mol. The van der Waals surface area contributed by atoms with E-state index in [0.29, 0.717) is 12.5 Å². The Labute approximate surface area is 118 Å². The van der Waals surface area contributed by atoms with Gasteiger partial charge in [0.1, 0.15) is 0 Å². The van der Waals surface area contributed by atoms with Crippen LogP contribution >= 0.6 is 15.9 Å². The van der Waals surface area contributed by atoms with Gasteiger partial charge in [-0.25, -0.2) is 13.1 Å². The summed E-state index contributed by atoms with van der Waals surface area (Å²) < 4.78 is 26.4. The molecule has 1 aromatic rings. The van der Waals surface area contributed by atoms with Crippen LogP contribution in [0.1, 0.15) is 25.8 Å². The highest BCUT2D eigenvalue weighted by molar-refractivity contribution is 9.09. The van der Waals surface area contributed by atoms with Crippen molar-refractivity contribution in [2.45, 2.75) is 30.8 Å². The van der Waals surface area contributed by atoms with Crippen molar-refractivity contribution in [1.82, 2.24) is 4.72 Å². The number of halogens is 1. The first-order chi connectivity index (χ1) is 8.39. The number of alkyl halides is 1. The molecule has 0 aliphatic heterocycles. The summed E-state index contributed by atoms with van der Waals surface area (Å²) in [6, 6.07) is 9.20. The molecule has 0 saturated heterocycles. The second kappa shape index (κ2) is 7.26. The normalized spacial score (nSPS) is 13.8. The van der Waals surface area contributed by atoms with E-state index in [4.69, 9.17) is 0 Å². The number of nitrogens with one attached hydrogen (secondary N) is 1. The van der Waals surface area contributed by atoms with Crippen molar-refractivity contribution in [3.05, 3.63) is 35.9 Å². The van der Waals surface area contributed by atoms with Crippen molar-refractivity contribution in [1.29, 1.82) is 0 Å². The standard InChI is InChI=1S/C13H20BrNO2S/c1-11(2)8-13(14)9-15-18(16,17)10-12-6-4-3-5-7-12/h3-7,11,13,15H,8-10H2,1-2H3. The molecule has 5 heteroatoms. The number of hydrogen-bond donors (Lipinski definition) is 1. The zero-order valence-electron chi connectivity index (χ0n) is 10.8. The summed E-state index contributed by atoms with van der Waals surface area (Å²) in [6.45, 7) is 4.67. The summed E-state index contributed by atoms with van der Waals surface area (Å²) in [7, 11) is -3.25. The maximum atomic E-state index is 11.9. The van der Waals surface area contributed by atoms with E-state index < -0.39 is 10.0 Å². The number of benzene rings is 1. The third-order valence-electron chi connectivity index (χ3n) is 2.45. The molecule has 18 heavy (non-hydrogen) atoms. The third-order valence-corrected chi connectivity index (χ3v) is 4.47. The molecule has 1 atom stereocenters. The van der Waals surface area contributed by atoms with Gasteiger partial charge in [0.2, 0.25) is 10.0 Å². The van der Waals surface area contributed by atoms with E-state index >= 15 is 0 Å². The Morgan fingerprint density at radius 2 is 1.83 bits per heavy atom. The average molecular weight is 334 g/mol. The van der Waals surface area contributed by atoms with Crippen LogP contribution in [-0.4, -0.2) is 19.8 Å². The second-order valence-electron chi connectivity index (χ2n) is 4.82. The molecule has 1 N–H and O–H groups in total. The minimum Gasteiger partial charge on any atom is -0.214 e. The molecule has 0 aromatic heterocycles. The third kappa shape index (κ3) is 6.52. The van der Waals surface area contributed by atoms with Crippen molar-refractivity contribution in [3.63, 3.8) is 0 Å². The Kier molecular flexibility index (Phi) is 6.32. The summed E-state index contributed by atoms with van der Waals surface area (Å²) in [5, 5.41) is 0. The predicted molar refractivity (Wildman–Crippen MR) is 79.2 cm³/mol. The molecule has 0 aliphatic carbocycles. The lowest BCUT2D eigenvalue weighted by Crippen LogP contribution is -2.31. The second-order valence-corrected chi connectivity index (χ2v) is 7.92. The van der Waals surface area contributed by atoms with Gasteiger partial charge in [-0.1, -0.05) is 60.1 Å². The molecule has 0 bridgehead atoms. The fraction of sp³-hybridized carbons (Fsp3) is 0.538. The first-order valence-corrected chi connectivity index (χ1v) is 8.61. The minimum atomic E-state index is -3.25. The van der Waals surface area contributed by atoms with Crippen molar-refractivity contribution >= 4 is 26.0 Å². The first kappa shape index (κ1) is 15.7. The van der Waals surface area contributed by atoms with Gasteiger partial charge >= 0.3 is 0 Å². The van der Waals surface area contributed by atoms with Crippen LogP contribution in [0.25, 0.3) is 0 Å². The summed E-state index contributed by atoms with van der Waals surface area (Å²) in [5.74, 6) is 0.586. The van der Waals surface area contributed by atoms with Crippen LogP contribution in [0.15, 0.2) is 30.3 Å². The van der Waals surface area contributed by atoms with Gasteiger partial charge in [-0.3, -0.25) is 0 Å². The number of hydrogen-bond acceptors (Lipinski definition) is 2. The van der Waals surface area contributed by atoms with Crippen molar-refractivity contribution < 1.29 is 8.42 Å². The fourth-order valence-electron chi connectivity index (χ4n) is 1.66. The lowest BCUT2D eigenvalue weighted by atomic mass is 10.1. The molecule has 0 radical (unpaired) electrons. The Morgan fingerprint density at radius 1 is 1.22 bits per heavy atom. The fourth-order valence-corrected chi connectivity index (χ4v) is 3.97. The molecule has 0 aliphatic rings. The van der Waals surface area contributed by atoms with Crippen LogP contribution in [-0.2, 0) is 15.8 Å². The Hall–Kier alpha value is -0.390. The molecule has 1 aromatic carbocycles. The topological polar surface area (TPSA) is 46.2 Å². The van der Waals surface area contributed by atoms with E-state index in [1.165, 1.54) is 0 Å². The van der Waals surface area contributed by atoms with Gasteiger partial charge in [0.15, 0.2) is 0 Å². The summed E-state index contributed by atoms with van der Waals surface area (Å²) in [5.41, 5.74) is 0.806. The molecular formula is C13H20BrNO2S. The van der Waals surface area contributed by atoms with Gasteiger partial charge in [-0.15, -0.1) is 0 Å². The van der Waals surface area contributed by atoms with Gasteiger partial charge in [0.25, 0.3) is 0 Å². The van der Waals surface area contributed by atoms with Crippen LogP contribution in [0.5, 0.6) is 0 Å². The largest absolute Gasteiger partial charge is 0.215 e. The molecule has 3 nitrogen and oxygen atoms in total. The number of sulfonamides is 1. The molecule has 102 valence electrons. The van der Waals surface area contributed by atoms with Crippen molar-refractivity contribution in [3.8, 4) is 0 Å². The van der Waals surface area contributed by atoms with E-state index in [0.717, 1.165) is 12.0 Å². The molecular weight excluding hydrogens is 314 g/mol. The van der Waals surface area contributed by atoms with Crippen molar-refractivity contribution in [2.75, 3.05) is 6.54 Å². The zero-order chi connectivity index (χ0) is 13.6. The lowest BCUT2D eigenvalue weighted by molar-refractivity contribution is 0.551. The quantitative estimate of drug-likeness (QED) is 0.780. The molecule has 1 rings (SSSR count). The van der Waals surface area contributed by atoms with Crippen LogP contribution < -0.4 is 4.72 Å². The molecule has 0 fully saturated rings. The summed E-state index contributed by atoms with van der Waals surface area (Å²) >= 11 is 3.49. The van der Waals surface area contributed by atoms with Gasteiger partial charge in [-0.2, -0.15) is 0 Å². The molecule has 0 heterocycles. The molecule has 0 amide bonds. The maximum absolute atomic E-state index is 11.9. The van der Waals surface area contributed by atoms with Gasteiger partial charge in [0, 0.05) is 11.4 Å². The highest BCUT2D eigenvalue weighted by Crippen LogP contribution is 2.12. The summed E-state index contributed by atoms with van der Waals surface area (Å²) in [6.07, 6.45) is 0.952. The van der Waals surface area contributed by atoms with Crippen LogP contribution in [0.2, 0.25) is 0 Å². The van der Waals surface area contributed by atoms with Gasteiger partial charge < -0.3 is 0 Å². The Balaban J connectivity index is 2.46. The van der Waals surface area contributed by atoms with E-state index in [1.807, 2.05) is 30.3 Å².